The molecule has 1 saturated heterocycles. The number of hydrogen-bond donors (Lipinski definition) is 1. The Morgan fingerprint density at radius 2 is 2.06 bits per heavy atom. The second kappa shape index (κ2) is 4.99. The lowest BCUT2D eigenvalue weighted by Crippen LogP contribution is -2.65. The normalized spacial score (nSPS) is 18.2. The molecule has 0 unspecified atom stereocenters. The molecule has 0 atom stereocenters. The van der Waals surface area contributed by atoms with Crippen molar-refractivity contribution in [1.29, 1.82) is 0 Å². The third-order valence-corrected chi connectivity index (χ3v) is 2.84. The number of nitrogens with zero attached hydrogens (tertiary/aromatic N) is 2. The molecule has 0 spiro atoms. The molecule has 1 N–H and O–H groups in total. The molecular formula is C11H21FN2O2. The Morgan fingerprint density at radius 3 is 2.44 bits per heavy atom. The topological polar surface area (TPSA) is 43.8 Å². The van der Waals surface area contributed by atoms with Crippen molar-refractivity contribution in [2.45, 2.75) is 38.8 Å². The molecule has 0 aromatic heterocycles. The van der Waals surface area contributed by atoms with E-state index in [0.29, 0.717) is 6.42 Å². The van der Waals surface area contributed by atoms with Gasteiger partial charge in [0, 0.05) is 25.2 Å². The summed E-state index contributed by atoms with van der Waals surface area (Å²) in [5, 5.41) is 9.15. The monoisotopic (exact) mass is 232 g/mol. The third-order valence-electron chi connectivity index (χ3n) is 2.84. The van der Waals surface area contributed by atoms with Crippen LogP contribution < -0.4 is 0 Å². The van der Waals surface area contributed by atoms with Gasteiger partial charge in [0.05, 0.1) is 12.7 Å². The zero-order valence-electron chi connectivity index (χ0n) is 10.2. The van der Waals surface area contributed by atoms with Crippen molar-refractivity contribution in [1.82, 2.24) is 9.80 Å². The van der Waals surface area contributed by atoms with E-state index in [2.05, 4.69) is 4.90 Å². The highest BCUT2D eigenvalue weighted by molar-refractivity contribution is 5.66. The molecule has 5 heteroatoms. The first-order chi connectivity index (χ1) is 7.36. The molecule has 0 aromatic carbocycles. The van der Waals surface area contributed by atoms with Crippen LogP contribution in [0.3, 0.4) is 0 Å². The summed E-state index contributed by atoms with van der Waals surface area (Å²) in [6.45, 7) is 7.56. The summed E-state index contributed by atoms with van der Waals surface area (Å²) in [7, 11) is 0. The number of amides is 1. The fourth-order valence-electron chi connectivity index (χ4n) is 2.16. The second-order valence-corrected chi connectivity index (χ2v) is 5.28. The van der Waals surface area contributed by atoms with Gasteiger partial charge in [-0.15, -0.1) is 0 Å². The second-order valence-electron chi connectivity index (χ2n) is 5.28. The van der Waals surface area contributed by atoms with E-state index in [1.807, 2.05) is 20.8 Å². The Bertz CT molecular complexity index is 247. The highest BCUT2D eigenvalue weighted by Crippen LogP contribution is 2.23. The van der Waals surface area contributed by atoms with Gasteiger partial charge in [0.2, 0.25) is 0 Å². The van der Waals surface area contributed by atoms with Gasteiger partial charge in [-0.25, -0.2) is 4.79 Å². The zero-order chi connectivity index (χ0) is 12.3. The summed E-state index contributed by atoms with van der Waals surface area (Å²) in [5.41, 5.74) is -0.372. The molecule has 0 bridgehead atoms. The number of alkyl halides is 1. The highest BCUT2D eigenvalue weighted by Gasteiger charge is 2.39. The lowest BCUT2D eigenvalue weighted by Gasteiger charge is -2.49. The Kier molecular flexibility index (Phi) is 4.13. The number of carboxylic acid groups (broad SMARTS) is 1. The van der Waals surface area contributed by atoms with E-state index in [0.717, 1.165) is 19.6 Å². The molecule has 0 aromatic rings. The van der Waals surface area contributed by atoms with Crippen molar-refractivity contribution in [2.24, 2.45) is 0 Å². The SMILES string of the molecule is CC(C)(C)N(C(=O)O)C1CN(CCCF)C1. The Balaban J connectivity index is 2.44. The average Bonchev–Trinajstić information content (AvgIpc) is 2.05. The van der Waals surface area contributed by atoms with E-state index < -0.39 is 6.09 Å². The van der Waals surface area contributed by atoms with Gasteiger partial charge < -0.3 is 5.11 Å². The number of likely N-dealkylation sites (tertiary alicyclic amines) is 1. The van der Waals surface area contributed by atoms with Crippen LogP contribution in [-0.2, 0) is 0 Å². The molecule has 1 aliphatic rings. The predicted molar refractivity (Wildman–Crippen MR) is 60.4 cm³/mol. The third kappa shape index (κ3) is 3.07. The number of hydrogen-bond acceptors (Lipinski definition) is 2. The van der Waals surface area contributed by atoms with Crippen LogP contribution in [0.1, 0.15) is 27.2 Å². The first-order valence-electron chi connectivity index (χ1n) is 5.67. The largest absolute Gasteiger partial charge is 0.465 e. The van der Waals surface area contributed by atoms with Crippen LogP contribution in [0, 0.1) is 0 Å². The lowest BCUT2D eigenvalue weighted by molar-refractivity contribution is -0.00571. The quantitative estimate of drug-likeness (QED) is 0.804. The molecule has 1 rings (SSSR count). The van der Waals surface area contributed by atoms with Crippen LogP contribution >= 0.6 is 0 Å². The molecular weight excluding hydrogens is 211 g/mol. The standard InChI is InChI=1S/C11H21FN2O2/c1-11(2,3)14(10(15)16)9-7-13(8-9)6-4-5-12/h9H,4-8H2,1-3H3,(H,15,16). The minimum absolute atomic E-state index is 0.0529. The minimum atomic E-state index is -0.873. The van der Waals surface area contributed by atoms with Crippen LogP contribution in [0.25, 0.3) is 0 Å². The number of rotatable bonds is 4. The van der Waals surface area contributed by atoms with Gasteiger partial charge in [-0.1, -0.05) is 0 Å². The summed E-state index contributed by atoms with van der Waals surface area (Å²) in [6.07, 6.45) is -0.336. The molecule has 4 nitrogen and oxygen atoms in total. The maximum Gasteiger partial charge on any atom is 0.408 e. The summed E-state index contributed by atoms with van der Waals surface area (Å²) in [5.74, 6) is 0. The fraction of sp³-hybridized carbons (Fsp3) is 0.909. The summed E-state index contributed by atoms with van der Waals surface area (Å²) in [6, 6.07) is 0.0529. The van der Waals surface area contributed by atoms with Crippen molar-refractivity contribution in [2.75, 3.05) is 26.3 Å². The van der Waals surface area contributed by atoms with Gasteiger partial charge in [0.15, 0.2) is 0 Å². The van der Waals surface area contributed by atoms with Crippen molar-refractivity contribution in [3.8, 4) is 0 Å². The van der Waals surface area contributed by atoms with E-state index in [1.54, 1.807) is 0 Å². The van der Waals surface area contributed by atoms with E-state index >= 15 is 0 Å². The van der Waals surface area contributed by atoms with E-state index in [9.17, 15) is 9.18 Å². The average molecular weight is 232 g/mol. The van der Waals surface area contributed by atoms with Crippen LogP contribution in [0.5, 0.6) is 0 Å². The van der Waals surface area contributed by atoms with Gasteiger partial charge in [0.1, 0.15) is 0 Å². The van der Waals surface area contributed by atoms with Crippen molar-refractivity contribution in [3.05, 3.63) is 0 Å². The molecule has 0 aliphatic carbocycles. The summed E-state index contributed by atoms with van der Waals surface area (Å²) >= 11 is 0. The highest BCUT2D eigenvalue weighted by atomic mass is 19.1. The van der Waals surface area contributed by atoms with Crippen molar-refractivity contribution < 1.29 is 14.3 Å². The maximum atomic E-state index is 12.0. The Labute approximate surface area is 96.0 Å². The van der Waals surface area contributed by atoms with E-state index in [1.165, 1.54) is 4.90 Å². The predicted octanol–water partition coefficient (Wildman–Crippen LogP) is 1.81. The molecule has 0 saturated carbocycles. The van der Waals surface area contributed by atoms with E-state index in [-0.39, 0.29) is 18.3 Å². The molecule has 1 amide bonds. The lowest BCUT2D eigenvalue weighted by atomic mass is 9.99. The molecule has 94 valence electrons. The van der Waals surface area contributed by atoms with Gasteiger partial charge in [0.25, 0.3) is 0 Å². The first-order valence-corrected chi connectivity index (χ1v) is 5.67. The van der Waals surface area contributed by atoms with Crippen LogP contribution in [0.4, 0.5) is 9.18 Å². The van der Waals surface area contributed by atoms with Crippen molar-refractivity contribution >= 4 is 6.09 Å². The van der Waals surface area contributed by atoms with Gasteiger partial charge >= 0.3 is 6.09 Å². The minimum Gasteiger partial charge on any atom is -0.465 e. The molecule has 1 fully saturated rings. The number of halogens is 1. The molecule has 16 heavy (non-hydrogen) atoms. The number of carbonyl (C=O) groups is 1. The van der Waals surface area contributed by atoms with Gasteiger partial charge in [-0.3, -0.25) is 14.2 Å². The zero-order valence-corrected chi connectivity index (χ0v) is 10.2. The van der Waals surface area contributed by atoms with Crippen LogP contribution in [0.15, 0.2) is 0 Å². The Hall–Kier alpha value is -0.840. The van der Waals surface area contributed by atoms with Gasteiger partial charge in [-0.05, 0) is 27.2 Å². The van der Waals surface area contributed by atoms with E-state index in [4.69, 9.17) is 5.11 Å². The summed E-state index contributed by atoms with van der Waals surface area (Å²) < 4.78 is 12.0. The molecule has 0 radical (unpaired) electrons. The van der Waals surface area contributed by atoms with Crippen molar-refractivity contribution in [3.63, 3.8) is 0 Å². The maximum absolute atomic E-state index is 12.0. The fourth-order valence-corrected chi connectivity index (χ4v) is 2.16. The Morgan fingerprint density at radius 1 is 1.50 bits per heavy atom. The first kappa shape index (κ1) is 13.2. The smallest absolute Gasteiger partial charge is 0.408 e. The van der Waals surface area contributed by atoms with Crippen LogP contribution in [-0.4, -0.2) is 58.9 Å². The summed E-state index contributed by atoms with van der Waals surface area (Å²) in [4.78, 5) is 14.7. The van der Waals surface area contributed by atoms with Crippen LogP contribution in [0.2, 0.25) is 0 Å². The molecule has 1 aliphatic heterocycles. The van der Waals surface area contributed by atoms with Gasteiger partial charge in [-0.2, -0.15) is 0 Å². The molecule has 1 heterocycles.